The minimum atomic E-state index is -1.67. The fourth-order valence-corrected chi connectivity index (χ4v) is 8.11. The van der Waals surface area contributed by atoms with Crippen molar-refractivity contribution in [2.24, 2.45) is 0 Å². The summed E-state index contributed by atoms with van der Waals surface area (Å²) in [6, 6.07) is 0. The van der Waals surface area contributed by atoms with E-state index >= 15 is 0 Å². The van der Waals surface area contributed by atoms with Crippen LogP contribution in [0.2, 0.25) is 0 Å². The van der Waals surface area contributed by atoms with Crippen molar-refractivity contribution >= 4 is 9.53 Å². The zero-order valence-electron chi connectivity index (χ0n) is 50.7. The average Bonchev–Trinajstić information content (AvgIpc) is 3.35. The second kappa shape index (κ2) is 95.7. The van der Waals surface area contributed by atoms with E-state index in [1.807, 2.05) is 0 Å². The van der Waals surface area contributed by atoms with Crippen molar-refractivity contribution in [2.75, 3.05) is 21.3 Å². The summed E-state index contributed by atoms with van der Waals surface area (Å²) in [6.07, 6.45) is 68.8. The largest absolute Gasteiger partial charge is 0.483 e. The van der Waals surface area contributed by atoms with Crippen molar-refractivity contribution in [1.29, 1.82) is 0 Å². The van der Waals surface area contributed by atoms with Crippen LogP contribution >= 0.6 is 0 Å². The third kappa shape index (κ3) is 117. The van der Waals surface area contributed by atoms with E-state index in [1.54, 1.807) is 21.3 Å². The van der Waals surface area contributed by atoms with Crippen LogP contribution in [0.15, 0.2) is 0 Å². The highest BCUT2D eigenvalue weighted by atomic mass is 28.3. The molecule has 0 radical (unpaired) electrons. The van der Waals surface area contributed by atoms with Gasteiger partial charge in [-0.3, -0.25) is 0 Å². The number of rotatable bonds is 45. The fraction of sp³-hybridized carbons (Fsp3) is 1.00. The molecule has 0 saturated heterocycles. The Morgan fingerprint density at radius 2 is 0.224 bits per heavy atom. The Morgan fingerprint density at radius 1 is 0.149 bits per heavy atom. The summed E-state index contributed by atoms with van der Waals surface area (Å²) in [5.41, 5.74) is 0. The topological polar surface area (TPSA) is 27.7 Å². The molecule has 0 bridgehead atoms. The Kier molecular flexibility index (Phi) is 116. The third-order valence-corrected chi connectivity index (χ3v) is 13.5. The lowest BCUT2D eigenvalue weighted by molar-refractivity contribution is 0.163. The molecule has 4 heteroatoms. The molecule has 0 saturated carbocycles. The summed E-state index contributed by atoms with van der Waals surface area (Å²) < 4.78 is 14.2. The van der Waals surface area contributed by atoms with Gasteiger partial charge in [-0.2, -0.15) is 0 Å². The minimum absolute atomic E-state index is 1.37. The van der Waals surface area contributed by atoms with E-state index in [2.05, 4.69) is 83.1 Å². The van der Waals surface area contributed by atoms with Crippen molar-refractivity contribution in [3.63, 3.8) is 0 Å². The lowest BCUT2D eigenvalue weighted by Crippen LogP contribution is -2.21. The Morgan fingerprint density at radius 3 is 0.269 bits per heavy atom. The Balaban J connectivity index is -0.000000126. The first-order valence-electron chi connectivity index (χ1n) is 31.4. The third-order valence-electron chi connectivity index (χ3n) is 12.3. The minimum Gasteiger partial charge on any atom is -0.379 e. The SMILES string of the molecule is CCCCCCCCCC.CCCCCCCCCC.CCCCCCCCCC.CCCCCCCCCC.CCCCCCCCCC.CCCCCCCCCC.CO[SiH](OC)OC. The zero-order valence-corrected chi connectivity index (χ0v) is 51.9. The molecule has 0 aromatic heterocycles. The molecule has 0 atom stereocenters. The van der Waals surface area contributed by atoms with Crippen LogP contribution in [0.25, 0.3) is 0 Å². The lowest BCUT2D eigenvalue weighted by Gasteiger charge is -2.05. The highest BCUT2D eigenvalue weighted by Gasteiger charge is 2.05. The normalized spacial score (nSPS) is 10.2. The van der Waals surface area contributed by atoms with Crippen LogP contribution in [-0.2, 0) is 13.3 Å². The fourth-order valence-electron chi connectivity index (χ4n) is 7.53. The van der Waals surface area contributed by atoms with Crippen LogP contribution in [0.5, 0.6) is 0 Å². The standard InChI is InChI=1S/6C10H22.C3H10O3Si/c6*1-3-5-7-9-10-8-6-4-2;1-4-7(5-2)6-3/h6*3-10H2,1-2H3;7H,1-3H3. The predicted octanol–water partition coefficient (Wildman–Crippen LogP) is 24.5. The molecule has 0 unspecified atom stereocenters. The second-order valence-corrected chi connectivity index (χ2v) is 21.7. The van der Waals surface area contributed by atoms with Crippen LogP contribution in [0.1, 0.15) is 391 Å². The number of hydrogen-bond donors (Lipinski definition) is 0. The van der Waals surface area contributed by atoms with Crippen molar-refractivity contribution < 1.29 is 13.3 Å². The molecule has 0 spiro atoms. The molecule has 0 aromatic rings. The molecular formula is C63H142O3Si. The van der Waals surface area contributed by atoms with E-state index in [4.69, 9.17) is 13.3 Å². The summed E-state index contributed by atoms with van der Waals surface area (Å²) in [5.74, 6) is 0. The van der Waals surface area contributed by atoms with Gasteiger partial charge >= 0.3 is 9.53 Å². The van der Waals surface area contributed by atoms with Crippen LogP contribution < -0.4 is 0 Å². The first-order chi connectivity index (χ1) is 32.8. The molecular weight excluding hydrogens is 833 g/mol. The quantitative estimate of drug-likeness (QED) is 0.0450. The molecule has 0 aliphatic rings. The van der Waals surface area contributed by atoms with Gasteiger partial charge in [0.1, 0.15) is 0 Å². The Hall–Kier alpha value is 0.0969. The lowest BCUT2D eigenvalue weighted by atomic mass is 10.1. The number of unbranched alkanes of at least 4 members (excludes halogenated alkanes) is 42. The van der Waals surface area contributed by atoms with Gasteiger partial charge < -0.3 is 13.3 Å². The van der Waals surface area contributed by atoms with Gasteiger partial charge in [0.15, 0.2) is 0 Å². The first-order valence-corrected chi connectivity index (χ1v) is 32.8. The zero-order chi connectivity index (χ0) is 51.6. The highest BCUT2D eigenvalue weighted by molar-refractivity contribution is 6.36. The maximum atomic E-state index is 4.74. The van der Waals surface area contributed by atoms with E-state index in [9.17, 15) is 0 Å². The van der Waals surface area contributed by atoms with Crippen LogP contribution in [0.3, 0.4) is 0 Å². The molecule has 67 heavy (non-hydrogen) atoms. The second-order valence-electron chi connectivity index (χ2n) is 19.7. The van der Waals surface area contributed by atoms with Crippen LogP contribution in [-0.4, -0.2) is 30.9 Å². The highest BCUT2D eigenvalue weighted by Crippen LogP contribution is 2.11. The van der Waals surface area contributed by atoms with Gasteiger partial charge in [0, 0.05) is 21.3 Å². The van der Waals surface area contributed by atoms with Crippen molar-refractivity contribution in [3.05, 3.63) is 0 Å². The summed E-state index contributed by atoms with van der Waals surface area (Å²) in [4.78, 5) is 0. The predicted molar refractivity (Wildman–Crippen MR) is 318 cm³/mol. The maximum absolute atomic E-state index is 4.74. The van der Waals surface area contributed by atoms with Crippen molar-refractivity contribution in [2.45, 2.75) is 391 Å². The number of hydrogen-bond acceptors (Lipinski definition) is 3. The van der Waals surface area contributed by atoms with Crippen LogP contribution in [0.4, 0.5) is 0 Å². The molecule has 0 fully saturated rings. The van der Waals surface area contributed by atoms with Gasteiger partial charge in [-0.05, 0) is 0 Å². The smallest absolute Gasteiger partial charge is 0.379 e. The Bertz CT molecular complexity index is 465. The van der Waals surface area contributed by atoms with Gasteiger partial charge in [0.25, 0.3) is 0 Å². The molecule has 3 nitrogen and oxygen atoms in total. The van der Waals surface area contributed by atoms with Gasteiger partial charge in [0.2, 0.25) is 0 Å². The molecule has 0 amide bonds. The van der Waals surface area contributed by atoms with Gasteiger partial charge in [0.05, 0.1) is 0 Å². The molecule has 0 rings (SSSR count). The molecule has 0 N–H and O–H groups in total. The average molecular weight is 976 g/mol. The van der Waals surface area contributed by atoms with Gasteiger partial charge in [-0.25, -0.2) is 0 Å². The summed E-state index contributed by atoms with van der Waals surface area (Å²) >= 11 is 0. The molecule has 0 aliphatic carbocycles. The summed E-state index contributed by atoms with van der Waals surface area (Å²) in [5, 5.41) is 0. The maximum Gasteiger partial charge on any atom is 0.483 e. The summed E-state index contributed by atoms with van der Waals surface area (Å²) in [7, 11) is 3.05. The van der Waals surface area contributed by atoms with E-state index in [0.29, 0.717) is 0 Å². The molecule has 0 aromatic carbocycles. The van der Waals surface area contributed by atoms with E-state index in [-0.39, 0.29) is 0 Å². The molecule has 0 aliphatic heterocycles. The van der Waals surface area contributed by atoms with Gasteiger partial charge in [-0.15, -0.1) is 0 Å². The van der Waals surface area contributed by atoms with Crippen molar-refractivity contribution in [1.82, 2.24) is 0 Å². The monoisotopic (exact) mass is 975 g/mol. The molecule has 416 valence electrons. The van der Waals surface area contributed by atoms with E-state index in [1.165, 1.54) is 308 Å². The van der Waals surface area contributed by atoms with Crippen molar-refractivity contribution in [3.8, 4) is 0 Å². The van der Waals surface area contributed by atoms with Gasteiger partial charge in [-0.1, -0.05) is 391 Å². The van der Waals surface area contributed by atoms with E-state index in [0.717, 1.165) is 0 Å². The Labute approximate surface area is 433 Å². The van der Waals surface area contributed by atoms with Crippen LogP contribution in [0, 0.1) is 0 Å². The van der Waals surface area contributed by atoms with E-state index < -0.39 is 9.53 Å². The first kappa shape index (κ1) is 81.2. The molecule has 0 heterocycles. The summed E-state index contributed by atoms with van der Waals surface area (Å²) in [6.45, 7) is 27.2.